The third kappa shape index (κ3) is 7.78. The van der Waals surface area contributed by atoms with Gasteiger partial charge in [0.2, 0.25) is 0 Å². The quantitative estimate of drug-likeness (QED) is 0.114. The van der Waals surface area contributed by atoms with Crippen LogP contribution in [0, 0.1) is 27.7 Å². The lowest BCUT2D eigenvalue weighted by atomic mass is 9.83. The van der Waals surface area contributed by atoms with Crippen molar-refractivity contribution in [1.82, 2.24) is 0 Å². The molecule has 0 aliphatic carbocycles. The van der Waals surface area contributed by atoms with Crippen molar-refractivity contribution in [3.8, 4) is 22.3 Å². The summed E-state index contributed by atoms with van der Waals surface area (Å²) in [5, 5.41) is 11.9. The number of hydrogen-bond acceptors (Lipinski definition) is 4. The van der Waals surface area contributed by atoms with Crippen molar-refractivity contribution in [2.45, 2.75) is 93.9 Å². The number of benzene rings is 12. The molecule has 12 aromatic carbocycles. The van der Waals surface area contributed by atoms with Gasteiger partial charge in [-0.3, -0.25) is 0 Å². The molecule has 0 radical (unpaired) electrons. The molecule has 0 saturated carbocycles. The molecule has 0 fully saturated rings. The summed E-state index contributed by atoms with van der Waals surface area (Å²) in [7, 11) is 0. The van der Waals surface area contributed by atoms with Crippen LogP contribution in [0.3, 0.4) is 0 Å². The molecule has 0 saturated heterocycles. The number of anilines is 6. The van der Waals surface area contributed by atoms with E-state index in [1.807, 2.05) is 0 Å². The van der Waals surface area contributed by atoms with E-state index in [4.69, 9.17) is 8.83 Å². The van der Waals surface area contributed by atoms with E-state index in [1.54, 1.807) is 0 Å². The lowest BCUT2D eigenvalue weighted by molar-refractivity contribution is 0.669. The average Bonchev–Trinajstić information content (AvgIpc) is 3.91. The highest BCUT2D eigenvalue weighted by Gasteiger charge is 2.31. The van der Waals surface area contributed by atoms with Gasteiger partial charge in [-0.05, 0) is 154 Å². The summed E-state index contributed by atoms with van der Waals surface area (Å²) >= 11 is 0. The van der Waals surface area contributed by atoms with Crippen LogP contribution < -0.4 is 9.80 Å². The molecule has 0 aliphatic heterocycles. The largest absolute Gasteiger partial charge is 0.453 e. The highest BCUT2D eigenvalue weighted by atomic mass is 16.3. The van der Waals surface area contributed by atoms with E-state index in [0.29, 0.717) is 0 Å². The van der Waals surface area contributed by atoms with Crippen LogP contribution in [0.25, 0.3) is 98.4 Å². The van der Waals surface area contributed by atoms with Crippen molar-refractivity contribution in [3.05, 3.63) is 239 Å². The number of fused-ring (bicyclic) bond motifs is 6. The van der Waals surface area contributed by atoms with Gasteiger partial charge in [-0.15, -0.1) is 0 Å². The van der Waals surface area contributed by atoms with Crippen molar-refractivity contribution in [1.29, 1.82) is 0 Å². The molecule has 0 atom stereocenters. The zero-order valence-corrected chi connectivity index (χ0v) is 48.8. The maximum atomic E-state index is 7.40. The molecule has 0 amide bonds. The van der Waals surface area contributed by atoms with Gasteiger partial charge in [0.05, 0.1) is 34.1 Å². The van der Waals surface area contributed by atoms with E-state index in [2.05, 4.69) is 273 Å². The van der Waals surface area contributed by atoms with Gasteiger partial charge in [0, 0.05) is 43.4 Å². The van der Waals surface area contributed by atoms with Gasteiger partial charge < -0.3 is 18.6 Å². The van der Waals surface area contributed by atoms with Gasteiger partial charge >= 0.3 is 0 Å². The van der Waals surface area contributed by atoms with E-state index >= 15 is 0 Å². The lowest BCUT2D eigenvalue weighted by Crippen LogP contribution is -2.15. The Hall–Kier alpha value is -9.12. The first-order valence-electron chi connectivity index (χ1n) is 29.5. The minimum absolute atomic E-state index is 0.210. The van der Waals surface area contributed by atoms with E-state index in [-0.39, 0.29) is 11.8 Å². The van der Waals surface area contributed by atoms with Crippen molar-refractivity contribution < 1.29 is 8.83 Å². The predicted octanol–water partition coefficient (Wildman–Crippen LogP) is 23.3. The fourth-order valence-electron chi connectivity index (χ4n) is 14.0. The van der Waals surface area contributed by atoms with Crippen LogP contribution in [-0.4, -0.2) is 0 Å². The summed E-state index contributed by atoms with van der Waals surface area (Å²) in [6.07, 6.45) is 1.87. The SMILES string of the molecule is CCc1ccccc1-c1cccc2c1oc1c(N(c3c(C)cccc3C)c3cc(C(C)C)c4ccc5c(N(c6c(C)cccc6C)c6cccc7c6oc6c(-c8ccccc8CC)cccc67)cc(C(C)C)c6ccc3c4c65)cccc12. The maximum absolute atomic E-state index is 7.40. The third-order valence-corrected chi connectivity index (χ3v) is 17.8. The van der Waals surface area contributed by atoms with Crippen LogP contribution in [-0.2, 0) is 12.8 Å². The molecule has 402 valence electrons. The molecule has 82 heavy (non-hydrogen) atoms. The molecule has 0 N–H and O–H groups in total. The summed E-state index contributed by atoms with van der Waals surface area (Å²) in [6, 6.07) is 72.3. The molecular weight excluding hydrogens is 997 g/mol. The first-order valence-corrected chi connectivity index (χ1v) is 29.5. The summed E-state index contributed by atoms with van der Waals surface area (Å²) in [6.45, 7) is 22.9. The number of aryl methyl sites for hydroxylation is 6. The van der Waals surface area contributed by atoms with Crippen molar-refractivity contribution in [2.75, 3.05) is 9.80 Å². The molecule has 0 bridgehead atoms. The molecular formula is C78H68N2O2. The molecule has 2 aromatic heterocycles. The van der Waals surface area contributed by atoms with Crippen LogP contribution in [0.5, 0.6) is 0 Å². The zero-order chi connectivity index (χ0) is 56.2. The third-order valence-electron chi connectivity index (χ3n) is 17.8. The second-order valence-corrected chi connectivity index (χ2v) is 23.4. The van der Waals surface area contributed by atoms with Crippen LogP contribution in [0.4, 0.5) is 34.1 Å². The van der Waals surface area contributed by atoms with E-state index in [0.717, 1.165) is 102 Å². The van der Waals surface area contributed by atoms with Gasteiger partial charge in [-0.25, -0.2) is 0 Å². The van der Waals surface area contributed by atoms with Crippen LogP contribution in [0.1, 0.15) is 97.9 Å². The van der Waals surface area contributed by atoms with Crippen LogP contribution >= 0.6 is 0 Å². The Morgan fingerprint density at radius 2 is 0.646 bits per heavy atom. The Balaban J connectivity index is 1.08. The zero-order valence-electron chi connectivity index (χ0n) is 48.8. The van der Waals surface area contributed by atoms with Gasteiger partial charge in [-0.2, -0.15) is 0 Å². The molecule has 2 heterocycles. The first kappa shape index (κ1) is 51.1. The lowest BCUT2D eigenvalue weighted by Gasteiger charge is -2.33. The highest BCUT2D eigenvalue weighted by molar-refractivity contribution is 6.30. The second-order valence-electron chi connectivity index (χ2n) is 23.4. The fourth-order valence-corrected chi connectivity index (χ4v) is 14.0. The standard InChI is InChI=1S/C78H68N2O2/c1-11-51-27-13-15-29-53(51)57-31-19-33-59-61-35-21-37-67(77(61)81-75(57)59)79(73-47(7)23-17-24-48(73)8)69-43-65(45(3)4)55-40-42-64-70(44-66(46(5)6)56-39-41-63(69)71(55)72(56)64)80(74-49(9)25-18-26-50(74)10)68-38-22-36-62-60-34-20-32-58(76(60)82-78(62)68)54-30-16-14-28-52(54)12-2/h13-46H,11-12H2,1-10H3. The van der Waals surface area contributed by atoms with Crippen molar-refractivity contribution in [3.63, 3.8) is 0 Å². The van der Waals surface area contributed by atoms with Gasteiger partial charge in [0.25, 0.3) is 0 Å². The Morgan fingerprint density at radius 1 is 0.317 bits per heavy atom. The molecule has 0 unspecified atom stereocenters. The first-order chi connectivity index (χ1) is 39.9. The number of rotatable bonds is 12. The van der Waals surface area contributed by atoms with Gasteiger partial charge in [0.1, 0.15) is 11.2 Å². The molecule has 4 heteroatoms. The number of nitrogens with zero attached hydrogens (tertiary/aromatic N) is 2. The molecule has 4 nitrogen and oxygen atoms in total. The van der Waals surface area contributed by atoms with Crippen LogP contribution in [0.2, 0.25) is 0 Å². The molecule has 14 aromatic rings. The van der Waals surface area contributed by atoms with Gasteiger partial charge in [0.15, 0.2) is 11.2 Å². The molecule has 14 rings (SSSR count). The maximum Gasteiger partial charge on any atom is 0.159 e. The topological polar surface area (TPSA) is 32.8 Å². The summed E-state index contributed by atoms with van der Waals surface area (Å²) in [5.41, 5.74) is 24.8. The Labute approximate surface area is 481 Å². The number of hydrogen-bond donors (Lipinski definition) is 0. The monoisotopic (exact) mass is 1060 g/mol. The van der Waals surface area contributed by atoms with Gasteiger partial charge in [-0.1, -0.05) is 211 Å². The number of furan rings is 2. The number of para-hydroxylation sites is 6. The van der Waals surface area contributed by atoms with Crippen molar-refractivity contribution >= 4 is 110 Å². The Bertz CT molecular complexity index is 4510. The van der Waals surface area contributed by atoms with Crippen LogP contribution in [0.15, 0.2) is 203 Å². The summed E-state index contributed by atoms with van der Waals surface area (Å²) in [4.78, 5) is 5.07. The summed E-state index contributed by atoms with van der Waals surface area (Å²) < 4.78 is 14.8. The highest BCUT2D eigenvalue weighted by Crippen LogP contribution is 2.55. The smallest absolute Gasteiger partial charge is 0.159 e. The van der Waals surface area contributed by atoms with E-state index < -0.39 is 0 Å². The predicted molar refractivity (Wildman–Crippen MR) is 351 cm³/mol. The van der Waals surface area contributed by atoms with E-state index in [9.17, 15) is 0 Å². The molecule has 0 spiro atoms. The second kappa shape index (κ2) is 19.8. The fraction of sp³-hybridized carbons (Fsp3) is 0.179. The molecule has 0 aliphatic rings. The average molecular weight is 1070 g/mol. The normalized spacial score (nSPS) is 12.1. The Morgan fingerprint density at radius 3 is 1.02 bits per heavy atom. The minimum atomic E-state index is 0.210. The minimum Gasteiger partial charge on any atom is -0.453 e. The Kier molecular flexibility index (Phi) is 12.4. The van der Waals surface area contributed by atoms with Crippen molar-refractivity contribution in [2.24, 2.45) is 0 Å². The summed E-state index contributed by atoms with van der Waals surface area (Å²) in [5.74, 6) is 0.419. The van der Waals surface area contributed by atoms with E-state index in [1.165, 1.54) is 88.0 Å².